The Bertz CT molecular complexity index is 593. The molecule has 1 saturated heterocycles. The number of nitriles is 1. The fraction of sp³-hybridized carbons (Fsp3) is 0.474. The number of likely N-dealkylation sites (tertiary alicyclic amines) is 1. The number of rotatable bonds is 4. The summed E-state index contributed by atoms with van der Waals surface area (Å²) in [6.07, 6.45) is 2.92. The second-order valence-corrected chi connectivity index (χ2v) is 6.66. The predicted octanol–water partition coefficient (Wildman–Crippen LogP) is 3.25. The summed E-state index contributed by atoms with van der Waals surface area (Å²) in [5.74, 6) is 0.859. The Labute approximate surface area is 138 Å². The van der Waals surface area contributed by atoms with Crippen LogP contribution in [-0.2, 0) is 4.79 Å². The number of hydrogen-bond donors (Lipinski definition) is 1. The Morgan fingerprint density at radius 2 is 1.91 bits per heavy atom. The fourth-order valence-corrected chi connectivity index (χ4v) is 3.24. The molecule has 0 saturated carbocycles. The third-order valence-corrected chi connectivity index (χ3v) is 4.22. The van der Waals surface area contributed by atoms with Gasteiger partial charge >= 0.3 is 0 Å². The highest BCUT2D eigenvalue weighted by Gasteiger charge is 2.21. The summed E-state index contributed by atoms with van der Waals surface area (Å²) in [5.41, 5.74) is 1.20. The summed E-state index contributed by atoms with van der Waals surface area (Å²) >= 11 is 0. The van der Waals surface area contributed by atoms with Gasteiger partial charge < -0.3 is 10.2 Å². The third-order valence-electron chi connectivity index (χ3n) is 4.22. The maximum absolute atomic E-state index is 12.4. The van der Waals surface area contributed by atoms with Gasteiger partial charge in [-0.25, -0.2) is 0 Å². The molecule has 3 atom stereocenters. The first-order chi connectivity index (χ1) is 11.0. The molecule has 1 heterocycles. The lowest BCUT2D eigenvalue weighted by atomic mass is 9.92. The average Bonchev–Trinajstić information content (AvgIpc) is 2.52. The molecule has 1 aliphatic rings. The molecule has 1 amide bonds. The van der Waals surface area contributed by atoms with Gasteiger partial charge in [-0.1, -0.05) is 44.2 Å². The van der Waals surface area contributed by atoms with E-state index in [0.29, 0.717) is 11.8 Å². The van der Waals surface area contributed by atoms with Crippen LogP contribution < -0.4 is 5.32 Å². The number of benzene rings is 1. The van der Waals surface area contributed by atoms with Gasteiger partial charge in [-0.05, 0) is 30.7 Å². The summed E-state index contributed by atoms with van der Waals surface area (Å²) in [4.78, 5) is 14.5. The molecule has 122 valence electrons. The number of piperidine rings is 1. The SMILES string of the molecule is CC1CC(C)CN(/C=C(/C#N)C(=O)NC(C)c2ccccc2)C1. The Balaban J connectivity index is 2.04. The number of carbonyl (C=O) groups excluding carboxylic acids is 1. The van der Waals surface area contributed by atoms with Crippen molar-refractivity contribution in [3.8, 4) is 6.07 Å². The summed E-state index contributed by atoms with van der Waals surface area (Å²) < 4.78 is 0. The van der Waals surface area contributed by atoms with E-state index in [0.717, 1.165) is 18.7 Å². The number of nitrogens with one attached hydrogen (secondary N) is 1. The molecule has 1 aliphatic heterocycles. The molecule has 1 aromatic rings. The van der Waals surface area contributed by atoms with Gasteiger partial charge in [-0.2, -0.15) is 5.26 Å². The van der Waals surface area contributed by atoms with Crippen LogP contribution in [0.3, 0.4) is 0 Å². The largest absolute Gasteiger partial charge is 0.376 e. The molecule has 4 nitrogen and oxygen atoms in total. The molecule has 2 rings (SSSR count). The molecule has 0 aliphatic carbocycles. The Hall–Kier alpha value is -2.28. The molecule has 1 aromatic carbocycles. The minimum Gasteiger partial charge on any atom is -0.376 e. The molecule has 0 aromatic heterocycles. The van der Waals surface area contributed by atoms with Gasteiger partial charge in [-0.15, -0.1) is 0 Å². The second kappa shape index (κ2) is 7.82. The number of amides is 1. The Morgan fingerprint density at radius 3 is 2.48 bits per heavy atom. The van der Waals surface area contributed by atoms with E-state index in [1.807, 2.05) is 43.3 Å². The normalized spacial score (nSPS) is 23.0. The van der Waals surface area contributed by atoms with E-state index in [4.69, 9.17) is 0 Å². The van der Waals surface area contributed by atoms with Crippen molar-refractivity contribution >= 4 is 5.91 Å². The molecule has 1 N–H and O–H groups in total. The monoisotopic (exact) mass is 311 g/mol. The standard InChI is InChI=1S/C19H25N3O/c1-14-9-15(2)12-22(11-14)13-18(10-20)19(23)21-16(3)17-7-5-4-6-8-17/h4-8,13-16H,9,11-12H2,1-3H3,(H,21,23)/b18-13-. The van der Waals surface area contributed by atoms with Crippen molar-refractivity contribution in [1.82, 2.24) is 10.2 Å². The van der Waals surface area contributed by atoms with Gasteiger partial charge in [0.05, 0.1) is 6.04 Å². The summed E-state index contributed by atoms with van der Waals surface area (Å²) in [6, 6.07) is 11.7. The Morgan fingerprint density at radius 1 is 1.30 bits per heavy atom. The molecular weight excluding hydrogens is 286 g/mol. The first-order valence-corrected chi connectivity index (χ1v) is 8.21. The highest BCUT2D eigenvalue weighted by molar-refractivity contribution is 5.97. The van der Waals surface area contributed by atoms with Crippen molar-refractivity contribution in [3.63, 3.8) is 0 Å². The van der Waals surface area contributed by atoms with Crippen molar-refractivity contribution in [2.75, 3.05) is 13.1 Å². The van der Waals surface area contributed by atoms with E-state index in [9.17, 15) is 10.1 Å². The highest BCUT2D eigenvalue weighted by atomic mass is 16.1. The minimum absolute atomic E-state index is 0.125. The zero-order valence-electron chi connectivity index (χ0n) is 14.1. The fourth-order valence-electron chi connectivity index (χ4n) is 3.24. The van der Waals surface area contributed by atoms with Gasteiger partial charge in [0.15, 0.2) is 0 Å². The molecular formula is C19H25N3O. The van der Waals surface area contributed by atoms with Gasteiger partial charge in [0.1, 0.15) is 11.6 Å². The number of nitrogens with zero attached hydrogens (tertiary/aromatic N) is 2. The van der Waals surface area contributed by atoms with Crippen LogP contribution in [0.15, 0.2) is 42.1 Å². The van der Waals surface area contributed by atoms with Gasteiger partial charge in [0.25, 0.3) is 5.91 Å². The van der Waals surface area contributed by atoms with E-state index >= 15 is 0 Å². The topological polar surface area (TPSA) is 56.1 Å². The average molecular weight is 311 g/mol. The smallest absolute Gasteiger partial charge is 0.263 e. The van der Waals surface area contributed by atoms with Gasteiger partial charge in [0, 0.05) is 19.3 Å². The maximum atomic E-state index is 12.4. The molecule has 0 radical (unpaired) electrons. The molecule has 3 unspecified atom stereocenters. The molecule has 4 heteroatoms. The van der Waals surface area contributed by atoms with Crippen LogP contribution >= 0.6 is 0 Å². The van der Waals surface area contributed by atoms with Crippen molar-refractivity contribution in [1.29, 1.82) is 5.26 Å². The molecule has 0 bridgehead atoms. The third kappa shape index (κ3) is 4.85. The lowest BCUT2D eigenvalue weighted by molar-refractivity contribution is -0.117. The van der Waals surface area contributed by atoms with E-state index < -0.39 is 0 Å². The van der Waals surface area contributed by atoms with E-state index in [1.165, 1.54) is 6.42 Å². The quantitative estimate of drug-likeness (QED) is 0.686. The van der Waals surface area contributed by atoms with Gasteiger partial charge in [-0.3, -0.25) is 4.79 Å². The van der Waals surface area contributed by atoms with E-state index in [-0.39, 0.29) is 17.5 Å². The van der Waals surface area contributed by atoms with E-state index in [2.05, 4.69) is 24.1 Å². The summed E-state index contributed by atoms with van der Waals surface area (Å²) in [5, 5.41) is 12.2. The number of hydrogen-bond acceptors (Lipinski definition) is 3. The van der Waals surface area contributed by atoms with Gasteiger partial charge in [0.2, 0.25) is 0 Å². The molecule has 23 heavy (non-hydrogen) atoms. The zero-order chi connectivity index (χ0) is 16.8. The van der Waals surface area contributed by atoms with Crippen LogP contribution in [0.5, 0.6) is 0 Å². The van der Waals surface area contributed by atoms with Crippen LogP contribution in [0.4, 0.5) is 0 Å². The van der Waals surface area contributed by atoms with Crippen molar-refractivity contribution < 1.29 is 4.79 Å². The number of carbonyl (C=O) groups is 1. The predicted molar refractivity (Wildman–Crippen MR) is 91.2 cm³/mol. The molecule has 0 spiro atoms. The Kier molecular flexibility index (Phi) is 5.81. The van der Waals surface area contributed by atoms with Crippen LogP contribution in [0.25, 0.3) is 0 Å². The zero-order valence-corrected chi connectivity index (χ0v) is 14.1. The summed E-state index contributed by atoms with van der Waals surface area (Å²) in [7, 11) is 0. The van der Waals surface area contributed by atoms with Crippen LogP contribution in [-0.4, -0.2) is 23.9 Å². The minimum atomic E-state index is -0.310. The van der Waals surface area contributed by atoms with Crippen molar-refractivity contribution in [2.24, 2.45) is 11.8 Å². The van der Waals surface area contributed by atoms with Crippen LogP contribution in [0.2, 0.25) is 0 Å². The van der Waals surface area contributed by atoms with Crippen molar-refractivity contribution in [2.45, 2.75) is 33.2 Å². The lowest BCUT2D eigenvalue weighted by Crippen LogP contribution is -2.36. The van der Waals surface area contributed by atoms with E-state index in [1.54, 1.807) is 6.20 Å². The summed E-state index contributed by atoms with van der Waals surface area (Å²) in [6.45, 7) is 8.14. The highest BCUT2D eigenvalue weighted by Crippen LogP contribution is 2.21. The van der Waals surface area contributed by atoms with Crippen LogP contribution in [0.1, 0.15) is 38.8 Å². The maximum Gasteiger partial charge on any atom is 0.263 e. The van der Waals surface area contributed by atoms with Crippen molar-refractivity contribution in [3.05, 3.63) is 47.7 Å². The molecule has 1 fully saturated rings. The first kappa shape index (κ1) is 17.1. The lowest BCUT2D eigenvalue weighted by Gasteiger charge is -2.34. The first-order valence-electron chi connectivity index (χ1n) is 8.21. The second-order valence-electron chi connectivity index (χ2n) is 6.66. The van der Waals surface area contributed by atoms with Crippen LogP contribution in [0, 0.1) is 23.2 Å².